The lowest BCUT2D eigenvalue weighted by molar-refractivity contribution is -0.141. The van der Waals surface area contributed by atoms with E-state index in [2.05, 4.69) is 45.5 Å². The number of carbonyl (C=O) groups is 6. The van der Waals surface area contributed by atoms with E-state index in [4.69, 9.17) is 0 Å². The minimum Gasteiger partial charge on any atom is -0.342 e. The van der Waals surface area contributed by atoms with Crippen LogP contribution in [0.2, 0.25) is 0 Å². The van der Waals surface area contributed by atoms with Crippen LogP contribution in [0.25, 0.3) is 11.1 Å². The molecule has 0 saturated carbocycles. The summed E-state index contributed by atoms with van der Waals surface area (Å²) in [6, 6.07) is 32.4. The molecule has 6 rings (SSSR count). The molecule has 4 aromatic carbocycles. The molecule has 0 aliphatic carbocycles. The molecule has 74 heavy (non-hydrogen) atoms. The van der Waals surface area contributed by atoms with Gasteiger partial charge in [0, 0.05) is 62.5 Å². The molecule has 2 aliphatic rings. The third kappa shape index (κ3) is 14.9. The second kappa shape index (κ2) is 25.7. The highest BCUT2D eigenvalue weighted by Gasteiger charge is 2.42. The maximum absolute atomic E-state index is 14.6. The number of nitrogens with zero attached hydrogens (tertiary/aromatic N) is 4. The van der Waals surface area contributed by atoms with Gasteiger partial charge in [0.15, 0.2) is 0 Å². The number of nitrogens with one attached hydrogen (secondary N) is 4. The summed E-state index contributed by atoms with van der Waals surface area (Å²) < 4.78 is 0. The van der Waals surface area contributed by atoms with Gasteiger partial charge in [-0.1, -0.05) is 126 Å². The minimum absolute atomic E-state index is 0.128. The zero-order valence-corrected chi connectivity index (χ0v) is 45.6. The lowest BCUT2D eigenvalue weighted by Crippen LogP contribution is -2.59. The Morgan fingerprint density at radius 2 is 0.865 bits per heavy atom. The van der Waals surface area contributed by atoms with E-state index in [1.54, 1.807) is 27.9 Å². The Labute approximate surface area is 440 Å². The van der Waals surface area contributed by atoms with Crippen LogP contribution >= 0.6 is 0 Å². The van der Waals surface area contributed by atoms with Gasteiger partial charge in [-0.25, -0.2) is 0 Å². The van der Waals surface area contributed by atoms with Crippen LogP contribution in [0.1, 0.15) is 113 Å². The summed E-state index contributed by atoms with van der Waals surface area (Å²) in [6.45, 7) is 18.0. The van der Waals surface area contributed by atoms with Crippen molar-refractivity contribution in [2.45, 2.75) is 130 Å². The first-order valence-electron chi connectivity index (χ1n) is 26.6. The normalized spacial score (nSPS) is 17.5. The van der Waals surface area contributed by atoms with Crippen molar-refractivity contribution in [2.24, 2.45) is 10.8 Å². The van der Waals surface area contributed by atoms with Crippen LogP contribution in [0.15, 0.2) is 109 Å². The molecule has 14 heteroatoms. The third-order valence-corrected chi connectivity index (χ3v) is 14.8. The summed E-state index contributed by atoms with van der Waals surface area (Å²) in [5.74, 6) is -1.00. The van der Waals surface area contributed by atoms with Gasteiger partial charge in [-0.3, -0.25) is 28.8 Å². The van der Waals surface area contributed by atoms with Crippen molar-refractivity contribution in [3.63, 3.8) is 0 Å². The first kappa shape index (κ1) is 56.9. The minimum atomic E-state index is -0.736. The summed E-state index contributed by atoms with van der Waals surface area (Å²) in [6.07, 6.45) is 4.39. The fourth-order valence-electron chi connectivity index (χ4n) is 9.91. The van der Waals surface area contributed by atoms with Crippen molar-refractivity contribution in [1.82, 2.24) is 40.9 Å². The van der Waals surface area contributed by atoms with E-state index < -0.39 is 35.0 Å². The molecule has 2 saturated heterocycles. The Kier molecular flexibility index (Phi) is 19.8. The predicted octanol–water partition coefficient (Wildman–Crippen LogP) is 6.98. The van der Waals surface area contributed by atoms with Crippen LogP contribution in [0.5, 0.6) is 0 Å². The molecule has 6 amide bonds. The second-order valence-electron chi connectivity index (χ2n) is 22.4. The van der Waals surface area contributed by atoms with Crippen molar-refractivity contribution < 1.29 is 28.8 Å². The lowest BCUT2D eigenvalue weighted by Gasteiger charge is -2.37. The number of benzene rings is 4. The summed E-state index contributed by atoms with van der Waals surface area (Å²) in [7, 11) is 3.43. The Balaban J connectivity index is 1.18. The van der Waals surface area contributed by atoms with Crippen LogP contribution in [0, 0.1) is 10.8 Å². The quantitative estimate of drug-likeness (QED) is 0.0695. The maximum Gasteiger partial charge on any atom is 0.253 e. The predicted molar refractivity (Wildman–Crippen MR) is 293 cm³/mol. The Bertz CT molecular complexity index is 2330. The number of amides is 6. The second-order valence-corrected chi connectivity index (χ2v) is 22.4. The van der Waals surface area contributed by atoms with Crippen LogP contribution in [0.4, 0.5) is 0 Å². The molecular formula is C60H82N8O6. The van der Waals surface area contributed by atoms with Gasteiger partial charge in [-0.15, -0.1) is 0 Å². The van der Waals surface area contributed by atoms with E-state index in [-0.39, 0.29) is 47.5 Å². The smallest absolute Gasteiger partial charge is 0.253 e. The number of hydrogen-bond donors (Lipinski definition) is 4. The number of likely N-dealkylation sites (tertiary alicyclic amines) is 2. The van der Waals surface area contributed by atoms with Crippen molar-refractivity contribution in [3.8, 4) is 11.1 Å². The van der Waals surface area contributed by atoms with Crippen LogP contribution < -0.4 is 21.3 Å². The van der Waals surface area contributed by atoms with E-state index in [1.807, 2.05) is 146 Å². The van der Waals surface area contributed by atoms with Gasteiger partial charge in [-0.2, -0.15) is 0 Å². The number of likely N-dealkylation sites (N-methyl/N-ethyl adjacent to an activating group) is 2. The zero-order valence-electron chi connectivity index (χ0n) is 45.6. The molecule has 0 unspecified atom stereocenters. The monoisotopic (exact) mass is 1010 g/mol. The Morgan fingerprint density at radius 1 is 0.527 bits per heavy atom. The highest BCUT2D eigenvalue weighted by atomic mass is 16.2. The standard InChI is InChI=1S/C60H82N8O6/c1-41(61-9)53(69)63-51(59(3,4)5)57(73)67-35-17-23-49(67)39-65(37-33-43-19-13-11-14-20-43)55(71)47-29-25-45(26-30-47)46-27-31-48(32-28-46)56(72)66(38-34-44-21-15-12-16-22-44)40-50-24-18-36-68(50)58(74)52(60(6,7)8)64-54(70)42(2)62-10/h11-16,19-22,25-32,41-42,49-52,61-62H,17-18,23-24,33-40H2,1-10H3,(H,63,69)(H,64,70)/t41-,42-,49-,50-,51+,52+/m0/s1. The van der Waals surface area contributed by atoms with Gasteiger partial charge >= 0.3 is 0 Å². The molecule has 6 atom stereocenters. The number of hydrogen-bond acceptors (Lipinski definition) is 8. The van der Waals surface area contributed by atoms with Crippen molar-refractivity contribution >= 4 is 35.4 Å². The first-order chi connectivity index (χ1) is 35.2. The molecule has 0 bridgehead atoms. The maximum atomic E-state index is 14.6. The van der Waals surface area contributed by atoms with Gasteiger partial charge in [0.05, 0.1) is 12.1 Å². The van der Waals surface area contributed by atoms with Crippen molar-refractivity contribution in [1.29, 1.82) is 0 Å². The van der Waals surface area contributed by atoms with Gasteiger partial charge in [0.2, 0.25) is 23.6 Å². The molecule has 4 N–H and O–H groups in total. The number of carbonyl (C=O) groups excluding carboxylic acids is 6. The average molecular weight is 1010 g/mol. The molecule has 2 aliphatic heterocycles. The summed E-state index contributed by atoms with van der Waals surface area (Å²) in [5, 5.41) is 12.0. The van der Waals surface area contributed by atoms with E-state index in [0.29, 0.717) is 63.2 Å². The largest absolute Gasteiger partial charge is 0.342 e. The highest BCUT2D eigenvalue weighted by Crippen LogP contribution is 2.30. The molecule has 2 fully saturated rings. The van der Waals surface area contributed by atoms with Crippen LogP contribution in [-0.2, 0) is 32.0 Å². The zero-order chi connectivity index (χ0) is 53.7. The Hall–Kier alpha value is -6.38. The van der Waals surface area contributed by atoms with E-state index in [9.17, 15) is 28.8 Å². The van der Waals surface area contributed by atoms with Crippen molar-refractivity contribution in [3.05, 3.63) is 131 Å². The average Bonchev–Trinajstić information content (AvgIpc) is 4.08. The molecule has 0 spiro atoms. The third-order valence-electron chi connectivity index (χ3n) is 14.8. The Morgan fingerprint density at radius 3 is 1.18 bits per heavy atom. The molecule has 4 aromatic rings. The topological polar surface area (TPSA) is 163 Å². The SMILES string of the molecule is CN[C@@H](C)C(=O)N[C@H](C(=O)N1CCC[C@H]1CN(CCc1ccccc1)C(=O)c1ccc(-c2ccc(C(=O)N(CCc3ccccc3)C[C@@H]3CCCN3C(=O)[C@@H](NC(=O)[C@H](C)NC)C(C)(C)C)cc2)cc1)C(C)(C)C. The molecule has 0 radical (unpaired) electrons. The lowest BCUT2D eigenvalue weighted by atomic mass is 9.85. The van der Waals surface area contributed by atoms with E-state index >= 15 is 0 Å². The van der Waals surface area contributed by atoms with Gasteiger partial charge < -0.3 is 40.9 Å². The summed E-state index contributed by atoms with van der Waals surface area (Å²) >= 11 is 0. The summed E-state index contributed by atoms with van der Waals surface area (Å²) in [4.78, 5) is 91.4. The van der Waals surface area contributed by atoms with Crippen LogP contribution in [-0.4, -0.2) is 145 Å². The molecule has 0 aromatic heterocycles. The first-order valence-corrected chi connectivity index (χ1v) is 26.6. The van der Waals surface area contributed by atoms with E-state index in [0.717, 1.165) is 47.9 Å². The number of rotatable bonds is 21. The van der Waals surface area contributed by atoms with Crippen LogP contribution in [0.3, 0.4) is 0 Å². The molecule has 398 valence electrons. The van der Waals surface area contributed by atoms with Gasteiger partial charge in [0.25, 0.3) is 11.8 Å². The summed E-state index contributed by atoms with van der Waals surface area (Å²) in [5.41, 5.74) is 3.97. The highest BCUT2D eigenvalue weighted by molar-refractivity contribution is 5.96. The van der Waals surface area contributed by atoms with E-state index in [1.165, 1.54) is 0 Å². The fraction of sp³-hybridized carbons (Fsp3) is 0.500. The van der Waals surface area contributed by atoms with Gasteiger partial charge in [0.1, 0.15) is 12.1 Å². The fourth-order valence-corrected chi connectivity index (χ4v) is 9.91. The molecule has 2 heterocycles. The van der Waals surface area contributed by atoms with Crippen molar-refractivity contribution in [2.75, 3.05) is 53.4 Å². The molecular weight excluding hydrogens is 929 g/mol. The van der Waals surface area contributed by atoms with Gasteiger partial charge in [-0.05, 0) is 124 Å². The molecule has 14 nitrogen and oxygen atoms in total.